The van der Waals surface area contributed by atoms with Crippen molar-refractivity contribution in [3.05, 3.63) is 78.9 Å². The van der Waals surface area contributed by atoms with Crippen LogP contribution in [-0.4, -0.2) is 23.2 Å². The molecule has 0 atom stereocenters. The predicted molar refractivity (Wildman–Crippen MR) is 118 cm³/mol. The number of hydrogen-bond acceptors (Lipinski definition) is 8. The van der Waals surface area contributed by atoms with Crippen molar-refractivity contribution in [3.8, 4) is 11.5 Å². The molecule has 0 saturated carbocycles. The van der Waals surface area contributed by atoms with Gasteiger partial charge in [-0.2, -0.15) is 18.6 Å². The standard InChI is InChI=1S/C22H16N4O5S/c27-20-11-9-16(24-23-15-5-3-6-17(12-15)32(29,30)31)13-19(20)25-26-22-18-7-2-1-4-14(18)8-10-21(22)28/h1-13,27-28H,(H,29,30,31). The summed E-state index contributed by atoms with van der Waals surface area (Å²) in [5.74, 6) is -0.206. The summed E-state index contributed by atoms with van der Waals surface area (Å²) in [5.41, 5.74) is 0.880. The van der Waals surface area contributed by atoms with E-state index in [0.717, 1.165) is 5.39 Å². The van der Waals surface area contributed by atoms with E-state index in [1.54, 1.807) is 12.1 Å². The SMILES string of the molecule is O=S(=O)(O)c1cccc(N=Nc2ccc(O)c(N=Nc3c(O)ccc4ccccc34)c2)c1. The molecule has 4 rings (SSSR count). The second kappa shape index (κ2) is 8.53. The van der Waals surface area contributed by atoms with Crippen LogP contribution >= 0.6 is 0 Å². The van der Waals surface area contributed by atoms with Crippen molar-refractivity contribution in [3.63, 3.8) is 0 Å². The van der Waals surface area contributed by atoms with Gasteiger partial charge in [-0.05, 0) is 47.9 Å². The maximum absolute atomic E-state index is 11.3. The van der Waals surface area contributed by atoms with Gasteiger partial charge in [-0.1, -0.05) is 36.4 Å². The van der Waals surface area contributed by atoms with Gasteiger partial charge in [-0.25, -0.2) is 0 Å². The van der Waals surface area contributed by atoms with Crippen LogP contribution in [0.3, 0.4) is 0 Å². The van der Waals surface area contributed by atoms with Gasteiger partial charge in [-0.3, -0.25) is 4.55 Å². The van der Waals surface area contributed by atoms with Crippen LogP contribution < -0.4 is 0 Å². The van der Waals surface area contributed by atoms with E-state index in [1.807, 2.05) is 18.2 Å². The number of hydrogen-bond donors (Lipinski definition) is 3. The highest BCUT2D eigenvalue weighted by Crippen LogP contribution is 2.38. The van der Waals surface area contributed by atoms with Crippen molar-refractivity contribution < 1.29 is 23.2 Å². The van der Waals surface area contributed by atoms with Crippen LogP contribution in [0.1, 0.15) is 0 Å². The Hall–Kier alpha value is -4.15. The van der Waals surface area contributed by atoms with Gasteiger partial charge in [0.15, 0.2) is 0 Å². The van der Waals surface area contributed by atoms with E-state index in [2.05, 4.69) is 20.5 Å². The van der Waals surface area contributed by atoms with Gasteiger partial charge in [0.05, 0.1) is 16.3 Å². The Labute approximate surface area is 182 Å². The second-order valence-electron chi connectivity index (χ2n) is 6.70. The first-order valence-corrected chi connectivity index (χ1v) is 10.7. The number of phenolic OH excluding ortho intramolecular Hbond substituents is 2. The molecule has 0 aliphatic heterocycles. The number of rotatable bonds is 5. The first kappa shape index (κ1) is 21.1. The molecule has 0 aliphatic rings. The van der Waals surface area contributed by atoms with E-state index in [1.165, 1.54) is 48.5 Å². The molecule has 0 aliphatic carbocycles. The summed E-state index contributed by atoms with van der Waals surface area (Å²) in [7, 11) is -4.36. The summed E-state index contributed by atoms with van der Waals surface area (Å²) in [6.45, 7) is 0. The van der Waals surface area contributed by atoms with Gasteiger partial charge in [0, 0.05) is 5.39 Å². The molecule has 9 nitrogen and oxygen atoms in total. The van der Waals surface area contributed by atoms with E-state index in [9.17, 15) is 18.6 Å². The zero-order valence-electron chi connectivity index (χ0n) is 16.4. The van der Waals surface area contributed by atoms with Crippen LogP contribution in [-0.2, 0) is 10.1 Å². The lowest BCUT2D eigenvalue weighted by atomic mass is 10.1. The average Bonchev–Trinajstić information content (AvgIpc) is 2.78. The van der Waals surface area contributed by atoms with Crippen LogP contribution in [0.4, 0.5) is 22.7 Å². The number of phenols is 2. The van der Waals surface area contributed by atoms with E-state index in [-0.39, 0.29) is 33.5 Å². The van der Waals surface area contributed by atoms with Gasteiger partial charge >= 0.3 is 0 Å². The smallest absolute Gasteiger partial charge is 0.294 e. The quantitative estimate of drug-likeness (QED) is 0.241. The normalized spacial score (nSPS) is 12.2. The topological polar surface area (TPSA) is 144 Å². The minimum Gasteiger partial charge on any atom is -0.506 e. The summed E-state index contributed by atoms with van der Waals surface area (Å²) in [5, 5.41) is 38.0. The van der Waals surface area contributed by atoms with E-state index < -0.39 is 10.1 Å². The van der Waals surface area contributed by atoms with E-state index in [4.69, 9.17) is 4.55 Å². The maximum atomic E-state index is 11.3. The molecule has 0 unspecified atom stereocenters. The van der Waals surface area contributed by atoms with E-state index >= 15 is 0 Å². The average molecular weight is 448 g/mol. The minimum absolute atomic E-state index is 0.0542. The minimum atomic E-state index is -4.36. The predicted octanol–water partition coefficient (Wildman–Crippen LogP) is 6.33. The lowest BCUT2D eigenvalue weighted by Crippen LogP contribution is -1.96. The zero-order chi connectivity index (χ0) is 22.7. The molecule has 10 heteroatoms. The molecular weight excluding hydrogens is 432 g/mol. The Kier molecular flexibility index (Phi) is 5.63. The third kappa shape index (κ3) is 4.61. The molecule has 0 saturated heterocycles. The summed E-state index contributed by atoms with van der Waals surface area (Å²) >= 11 is 0. The first-order chi connectivity index (χ1) is 15.3. The van der Waals surface area contributed by atoms with Crippen molar-refractivity contribution in [2.24, 2.45) is 20.5 Å². The van der Waals surface area contributed by atoms with Crippen molar-refractivity contribution in [1.29, 1.82) is 0 Å². The summed E-state index contributed by atoms with van der Waals surface area (Å²) in [6.07, 6.45) is 0. The van der Waals surface area contributed by atoms with Crippen molar-refractivity contribution in [2.45, 2.75) is 4.90 Å². The molecular formula is C22H16N4O5S. The molecule has 0 fully saturated rings. The van der Waals surface area contributed by atoms with Crippen LogP contribution in [0.15, 0.2) is 104 Å². The highest BCUT2D eigenvalue weighted by atomic mass is 32.2. The van der Waals surface area contributed by atoms with Crippen molar-refractivity contribution in [1.82, 2.24) is 0 Å². The van der Waals surface area contributed by atoms with E-state index in [0.29, 0.717) is 11.1 Å². The van der Waals surface area contributed by atoms with Gasteiger partial charge in [0.2, 0.25) is 0 Å². The molecule has 3 N–H and O–H groups in total. The summed E-state index contributed by atoms with van der Waals surface area (Å²) < 4.78 is 31.6. The molecule has 0 aromatic heterocycles. The third-order valence-electron chi connectivity index (χ3n) is 4.49. The van der Waals surface area contributed by atoms with Crippen LogP contribution in [0.5, 0.6) is 11.5 Å². The van der Waals surface area contributed by atoms with Gasteiger partial charge in [0.25, 0.3) is 10.1 Å². The molecule has 0 amide bonds. The second-order valence-corrected chi connectivity index (χ2v) is 8.12. The number of aromatic hydroxyl groups is 2. The Morgan fingerprint density at radius 1 is 0.656 bits per heavy atom. The fraction of sp³-hybridized carbons (Fsp3) is 0. The van der Waals surface area contributed by atoms with Crippen molar-refractivity contribution in [2.75, 3.05) is 0 Å². The Morgan fingerprint density at radius 2 is 1.38 bits per heavy atom. The highest BCUT2D eigenvalue weighted by Gasteiger charge is 2.10. The lowest BCUT2D eigenvalue weighted by molar-refractivity contribution is 0.474. The highest BCUT2D eigenvalue weighted by molar-refractivity contribution is 7.85. The van der Waals surface area contributed by atoms with Crippen LogP contribution in [0.2, 0.25) is 0 Å². The molecule has 32 heavy (non-hydrogen) atoms. The van der Waals surface area contributed by atoms with Crippen LogP contribution in [0, 0.1) is 0 Å². The van der Waals surface area contributed by atoms with Crippen LogP contribution in [0.25, 0.3) is 10.8 Å². The lowest BCUT2D eigenvalue weighted by Gasteiger charge is -2.04. The summed E-state index contributed by atoms with van der Waals surface area (Å²) in [4.78, 5) is -0.302. The largest absolute Gasteiger partial charge is 0.506 e. The van der Waals surface area contributed by atoms with Gasteiger partial charge in [-0.15, -0.1) is 10.2 Å². The Balaban J connectivity index is 1.65. The summed E-state index contributed by atoms with van der Waals surface area (Å²) in [6, 6.07) is 20.3. The van der Waals surface area contributed by atoms with Crippen molar-refractivity contribution >= 4 is 43.6 Å². The molecule has 4 aromatic carbocycles. The number of azo groups is 2. The monoisotopic (exact) mass is 448 g/mol. The third-order valence-corrected chi connectivity index (χ3v) is 5.34. The Morgan fingerprint density at radius 3 is 2.16 bits per heavy atom. The molecule has 0 heterocycles. The molecule has 4 aromatic rings. The number of benzene rings is 4. The maximum Gasteiger partial charge on any atom is 0.294 e. The molecule has 160 valence electrons. The molecule has 0 spiro atoms. The first-order valence-electron chi connectivity index (χ1n) is 9.26. The zero-order valence-corrected chi connectivity index (χ0v) is 17.2. The molecule has 0 radical (unpaired) electrons. The van der Waals surface area contributed by atoms with Gasteiger partial charge < -0.3 is 10.2 Å². The fourth-order valence-corrected chi connectivity index (χ4v) is 3.45. The Bertz CT molecular complexity index is 1480. The molecule has 0 bridgehead atoms. The number of nitrogens with zero attached hydrogens (tertiary/aromatic N) is 4. The fourth-order valence-electron chi connectivity index (χ4n) is 2.93. The number of fused-ring (bicyclic) bond motifs is 1. The van der Waals surface area contributed by atoms with Gasteiger partial charge in [0.1, 0.15) is 22.9 Å².